The predicted octanol–water partition coefficient (Wildman–Crippen LogP) is 2.74. The SMILES string of the molecule is Cc1cc(C)c(N2CCCC2=O)c(C)c1. The molecule has 1 aromatic rings. The van der Waals surface area contributed by atoms with Crippen LogP contribution in [0.1, 0.15) is 29.5 Å². The van der Waals surface area contributed by atoms with E-state index in [9.17, 15) is 4.79 Å². The fourth-order valence-corrected chi connectivity index (χ4v) is 2.48. The van der Waals surface area contributed by atoms with Gasteiger partial charge in [-0.1, -0.05) is 17.7 Å². The normalized spacial score (nSPS) is 16.2. The number of anilines is 1. The molecule has 2 heteroatoms. The highest BCUT2D eigenvalue weighted by Crippen LogP contribution is 2.29. The van der Waals surface area contributed by atoms with E-state index in [2.05, 4.69) is 32.9 Å². The van der Waals surface area contributed by atoms with Crippen molar-refractivity contribution in [3.05, 3.63) is 28.8 Å². The van der Waals surface area contributed by atoms with E-state index in [1.165, 1.54) is 16.7 Å². The molecular formula is C13H17NO. The van der Waals surface area contributed by atoms with Crippen LogP contribution in [0.15, 0.2) is 12.1 Å². The number of carbonyl (C=O) groups excluding carboxylic acids is 1. The largest absolute Gasteiger partial charge is 0.312 e. The zero-order valence-corrected chi connectivity index (χ0v) is 9.63. The molecule has 15 heavy (non-hydrogen) atoms. The Morgan fingerprint density at radius 1 is 1.13 bits per heavy atom. The summed E-state index contributed by atoms with van der Waals surface area (Å²) < 4.78 is 0. The highest BCUT2D eigenvalue weighted by Gasteiger charge is 2.24. The lowest BCUT2D eigenvalue weighted by Crippen LogP contribution is -2.25. The van der Waals surface area contributed by atoms with Gasteiger partial charge in [-0.3, -0.25) is 4.79 Å². The van der Waals surface area contributed by atoms with E-state index < -0.39 is 0 Å². The summed E-state index contributed by atoms with van der Waals surface area (Å²) in [5, 5.41) is 0. The summed E-state index contributed by atoms with van der Waals surface area (Å²) in [7, 11) is 0. The minimum Gasteiger partial charge on any atom is -0.312 e. The van der Waals surface area contributed by atoms with Gasteiger partial charge in [0.2, 0.25) is 5.91 Å². The number of nitrogens with zero attached hydrogens (tertiary/aromatic N) is 1. The van der Waals surface area contributed by atoms with Gasteiger partial charge in [0.05, 0.1) is 0 Å². The van der Waals surface area contributed by atoms with Crippen LogP contribution < -0.4 is 4.90 Å². The fraction of sp³-hybridized carbons (Fsp3) is 0.462. The van der Waals surface area contributed by atoms with E-state index in [1.807, 2.05) is 4.90 Å². The van der Waals surface area contributed by atoms with Crippen molar-refractivity contribution in [2.45, 2.75) is 33.6 Å². The van der Waals surface area contributed by atoms with Crippen molar-refractivity contribution in [1.82, 2.24) is 0 Å². The molecule has 1 aliphatic rings. The number of benzene rings is 1. The van der Waals surface area contributed by atoms with E-state index in [4.69, 9.17) is 0 Å². The number of rotatable bonds is 1. The molecular weight excluding hydrogens is 186 g/mol. The molecule has 1 saturated heterocycles. The zero-order chi connectivity index (χ0) is 11.0. The van der Waals surface area contributed by atoms with Crippen LogP contribution >= 0.6 is 0 Å². The van der Waals surface area contributed by atoms with Crippen molar-refractivity contribution in [2.24, 2.45) is 0 Å². The molecule has 1 amide bonds. The van der Waals surface area contributed by atoms with E-state index in [1.54, 1.807) is 0 Å². The first-order chi connectivity index (χ1) is 7.09. The van der Waals surface area contributed by atoms with E-state index in [0.29, 0.717) is 6.42 Å². The molecule has 1 fully saturated rings. The molecule has 0 radical (unpaired) electrons. The molecule has 0 aromatic heterocycles. The molecule has 1 heterocycles. The molecule has 80 valence electrons. The van der Waals surface area contributed by atoms with Crippen molar-refractivity contribution in [3.8, 4) is 0 Å². The van der Waals surface area contributed by atoms with Crippen molar-refractivity contribution >= 4 is 11.6 Å². The summed E-state index contributed by atoms with van der Waals surface area (Å²) in [5.41, 5.74) is 4.81. The van der Waals surface area contributed by atoms with Crippen LogP contribution in [0.2, 0.25) is 0 Å². The minimum atomic E-state index is 0.269. The average Bonchev–Trinajstić information content (AvgIpc) is 2.50. The molecule has 1 aliphatic heterocycles. The minimum absolute atomic E-state index is 0.269. The monoisotopic (exact) mass is 203 g/mol. The Labute approximate surface area is 90.9 Å². The van der Waals surface area contributed by atoms with E-state index >= 15 is 0 Å². The lowest BCUT2D eigenvalue weighted by atomic mass is 10.0. The summed E-state index contributed by atoms with van der Waals surface area (Å²) >= 11 is 0. The zero-order valence-electron chi connectivity index (χ0n) is 9.63. The molecule has 2 rings (SSSR count). The summed E-state index contributed by atoms with van der Waals surface area (Å²) in [6.07, 6.45) is 1.69. The average molecular weight is 203 g/mol. The third-order valence-corrected chi connectivity index (χ3v) is 2.98. The Morgan fingerprint density at radius 3 is 2.20 bits per heavy atom. The van der Waals surface area contributed by atoms with Crippen LogP contribution in [0.4, 0.5) is 5.69 Å². The standard InChI is InChI=1S/C13H17NO/c1-9-7-10(2)13(11(3)8-9)14-6-4-5-12(14)15/h7-8H,4-6H2,1-3H3. The summed E-state index contributed by atoms with van der Waals surface area (Å²) in [5.74, 6) is 0.269. The summed E-state index contributed by atoms with van der Waals surface area (Å²) in [6.45, 7) is 7.14. The lowest BCUT2D eigenvalue weighted by Gasteiger charge is -2.21. The highest BCUT2D eigenvalue weighted by molar-refractivity contribution is 5.96. The van der Waals surface area contributed by atoms with Crippen LogP contribution in [0.25, 0.3) is 0 Å². The predicted molar refractivity (Wildman–Crippen MR) is 62.2 cm³/mol. The maximum absolute atomic E-state index is 11.7. The number of hydrogen-bond acceptors (Lipinski definition) is 1. The summed E-state index contributed by atoms with van der Waals surface area (Å²) in [6, 6.07) is 4.29. The molecule has 0 saturated carbocycles. The fourth-order valence-electron chi connectivity index (χ4n) is 2.48. The highest BCUT2D eigenvalue weighted by atomic mass is 16.2. The van der Waals surface area contributed by atoms with Crippen molar-refractivity contribution in [2.75, 3.05) is 11.4 Å². The van der Waals surface area contributed by atoms with E-state index in [-0.39, 0.29) is 5.91 Å². The van der Waals surface area contributed by atoms with Gasteiger partial charge in [-0.25, -0.2) is 0 Å². The Hall–Kier alpha value is -1.31. The third-order valence-electron chi connectivity index (χ3n) is 2.98. The second-order valence-electron chi connectivity index (χ2n) is 4.40. The summed E-state index contributed by atoms with van der Waals surface area (Å²) in [4.78, 5) is 13.6. The number of amides is 1. The molecule has 0 spiro atoms. The van der Waals surface area contributed by atoms with Gasteiger partial charge in [0.15, 0.2) is 0 Å². The molecule has 0 atom stereocenters. The van der Waals surface area contributed by atoms with Crippen LogP contribution in [-0.2, 0) is 4.79 Å². The molecule has 1 aromatic carbocycles. The number of hydrogen-bond donors (Lipinski definition) is 0. The van der Waals surface area contributed by atoms with Gasteiger partial charge in [0, 0.05) is 18.7 Å². The van der Waals surface area contributed by atoms with Crippen molar-refractivity contribution in [3.63, 3.8) is 0 Å². The van der Waals surface area contributed by atoms with Crippen molar-refractivity contribution < 1.29 is 4.79 Å². The van der Waals surface area contributed by atoms with Gasteiger partial charge in [0.1, 0.15) is 0 Å². The van der Waals surface area contributed by atoms with Gasteiger partial charge in [0.25, 0.3) is 0 Å². The molecule has 0 bridgehead atoms. The lowest BCUT2D eigenvalue weighted by molar-refractivity contribution is -0.117. The molecule has 0 unspecified atom stereocenters. The molecule has 0 aliphatic carbocycles. The first-order valence-electron chi connectivity index (χ1n) is 5.48. The Morgan fingerprint density at radius 2 is 1.73 bits per heavy atom. The van der Waals surface area contributed by atoms with Crippen LogP contribution in [0.5, 0.6) is 0 Å². The van der Waals surface area contributed by atoms with E-state index in [0.717, 1.165) is 18.7 Å². The van der Waals surface area contributed by atoms with Gasteiger partial charge in [-0.2, -0.15) is 0 Å². The first kappa shape index (κ1) is 10.2. The second-order valence-corrected chi connectivity index (χ2v) is 4.40. The van der Waals surface area contributed by atoms with Gasteiger partial charge in [-0.15, -0.1) is 0 Å². The third kappa shape index (κ3) is 1.76. The maximum Gasteiger partial charge on any atom is 0.227 e. The molecule has 0 N–H and O–H groups in total. The topological polar surface area (TPSA) is 20.3 Å². The van der Waals surface area contributed by atoms with Gasteiger partial charge >= 0.3 is 0 Å². The molecule has 2 nitrogen and oxygen atoms in total. The Balaban J connectivity index is 2.47. The van der Waals surface area contributed by atoms with Crippen LogP contribution in [0, 0.1) is 20.8 Å². The van der Waals surface area contributed by atoms with Crippen LogP contribution in [-0.4, -0.2) is 12.5 Å². The number of carbonyl (C=O) groups is 1. The maximum atomic E-state index is 11.7. The second kappa shape index (κ2) is 3.69. The van der Waals surface area contributed by atoms with Gasteiger partial charge in [-0.05, 0) is 38.3 Å². The Kier molecular flexibility index (Phi) is 2.51. The van der Waals surface area contributed by atoms with Crippen LogP contribution in [0.3, 0.4) is 0 Å². The first-order valence-corrected chi connectivity index (χ1v) is 5.48. The number of aryl methyl sites for hydroxylation is 3. The van der Waals surface area contributed by atoms with Gasteiger partial charge < -0.3 is 4.90 Å². The Bertz CT molecular complexity index is 386. The van der Waals surface area contributed by atoms with Crippen molar-refractivity contribution in [1.29, 1.82) is 0 Å². The smallest absolute Gasteiger partial charge is 0.227 e. The quantitative estimate of drug-likeness (QED) is 0.687.